The van der Waals surface area contributed by atoms with Crippen LogP contribution in [0, 0.1) is 13.8 Å². The minimum atomic E-state index is -0.638. The third kappa shape index (κ3) is 3.19. The molecule has 1 aliphatic heterocycles. The van der Waals surface area contributed by atoms with Crippen LogP contribution in [-0.4, -0.2) is 48.5 Å². The number of hydrogen-bond donors (Lipinski definition) is 2. The van der Waals surface area contributed by atoms with Gasteiger partial charge in [-0.05, 0) is 32.1 Å². The summed E-state index contributed by atoms with van der Waals surface area (Å²) in [6.07, 6.45) is 4.17. The van der Waals surface area contributed by atoms with E-state index >= 15 is 0 Å². The number of nitrogens with zero attached hydrogens (tertiary/aromatic N) is 4. The first-order chi connectivity index (χ1) is 10.1. The number of aliphatic hydroxyl groups is 1. The molecule has 0 spiro atoms. The number of nitrogens with one attached hydrogen (secondary N) is 1. The SMILES string of the molecule is Cc1cc(C)n(-c2cncc(NCC3(O)CCSC3)n2)n1. The van der Waals surface area contributed by atoms with Crippen molar-refractivity contribution in [3.05, 3.63) is 29.8 Å². The average molecular weight is 305 g/mol. The van der Waals surface area contributed by atoms with Gasteiger partial charge in [-0.3, -0.25) is 4.98 Å². The summed E-state index contributed by atoms with van der Waals surface area (Å²) in [5, 5.41) is 17.9. The first-order valence-corrected chi connectivity index (χ1v) is 8.11. The van der Waals surface area contributed by atoms with E-state index in [1.165, 1.54) is 0 Å². The molecule has 1 fully saturated rings. The second-order valence-corrected chi connectivity index (χ2v) is 6.59. The highest BCUT2D eigenvalue weighted by atomic mass is 32.2. The van der Waals surface area contributed by atoms with E-state index in [0.717, 1.165) is 29.3 Å². The van der Waals surface area contributed by atoms with E-state index in [2.05, 4.69) is 20.4 Å². The Bertz CT molecular complexity index is 636. The Kier molecular flexibility index (Phi) is 3.86. The van der Waals surface area contributed by atoms with Gasteiger partial charge >= 0.3 is 0 Å². The lowest BCUT2D eigenvalue weighted by molar-refractivity contribution is 0.0819. The monoisotopic (exact) mass is 305 g/mol. The summed E-state index contributed by atoms with van der Waals surface area (Å²) in [6.45, 7) is 4.43. The van der Waals surface area contributed by atoms with Crippen LogP contribution >= 0.6 is 11.8 Å². The second-order valence-electron chi connectivity index (χ2n) is 5.48. The summed E-state index contributed by atoms with van der Waals surface area (Å²) >= 11 is 1.78. The van der Waals surface area contributed by atoms with Crippen LogP contribution in [0.1, 0.15) is 17.8 Å². The van der Waals surface area contributed by atoms with Crippen LogP contribution in [0.25, 0.3) is 5.82 Å². The number of rotatable bonds is 4. The molecule has 0 aliphatic carbocycles. The number of hydrogen-bond acceptors (Lipinski definition) is 6. The van der Waals surface area contributed by atoms with Gasteiger partial charge in [-0.2, -0.15) is 16.9 Å². The Balaban J connectivity index is 1.75. The predicted molar refractivity (Wildman–Crippen MR) is 84.0 cm³/mol. The van der Waals surface area contributed by atoms with Gasteiger partial charge in [-0.25, -0.2) is 9.67 Å². The van der Waals surface area contributed by atoms with Gasteiger partial charge in [0.25, 0.3) is 0 Å². The molecule has 0 radical (unpaired) electrons. The molecule has 6 nitrogen and oxygen atoms in total. The molecule has 112 valence electrons. The maximum absolute atomic E-state index is 10.3. The lowest BCUT2D eigenvalue weighted by atomic mass is 10.0. The van der Waals surface area contributed by atoms with Crippen LogP contribution in [0.15, 0.2) is 18.5 Å². The van der Waals surface area contributed by atoms with Crippen LogP contribution < -0.4 is 5.32 Å². The van der Waals surface area contributed by atoms with Crippen molar-refractivity contribution in [2.45, 2.75) is 25.9 Å². The Labute approximate surface area is 128 Å². The zero-order valence-electron chi connectivity index (χ0n) is 12.2. The molecule has 2 N–H and O–H groups in total. The van der Waals surface area contributed by atoms with E-state index in [4.69, 9.17) is 0 Å². The van der Waals surface area contributed by atoms with E-state index in [9.17, 15) is 5.11 Å². The summed E-state index contributed by atoms with van der Waals surface area (Å²) < 4.78 is 1.77. The standard InChI is InChI=1S/C14H19N5OS/c1-10-5-11(2)19(18-10)13-7-15-6-12(17-13)16-8-14(20)3-4-21-9-14/h5-7,20H,3-4,8-9H2,1-2H3,(H,16,17). The van der Waals surface area contributed by atoms with Crippen LogP contribution in [0.3, 0.4) is 0 Å². The molecule has 1 unspecified atom stereocenters. The summed E-state index contributed by atoms with van der Waals surface area (Å²) in [4.78, 5) is 8.72. The fourth-order valence-electron chi connectivity index (χ4n) is 2.39. The van der Waals surface area contributed by atoms with Crippen LogP contribution in [-0.2, 0) is 0 Å². The summed E-state index contributed by atoms with van der Waals surface area (Å²) in [5.41, 5.74) is 1.33. The number of anilines is 1. The van der Waals surface area contributed by atoms with Gasteiger partial charge in [0.2, 0.25) is 0 Å². The molecule has 0 saturated carbocycles. The van der Waals surface area contributed by atoms with Gasteiger partial charge in [0.15, 0.2) is 5.82 Å². The third-order valence-corrected chi connectivity index (χ3v) is 4.76. The fourth-order valence-corrected chi connectivity index (χ4v) is 3.69. The van der Waals surface area contributed by atoms with E-state index in [0.29, 0.717) is 18.2 Å². The molecule has 3 heterocycles. The molecule has 1 atom stereocenters. The van der Waals surface area contributed by atoms with E-state index in [-0.39, 0.29) is 0 Å². The van der Waals surface area contributed by atoms with Gasteiger partial charge in [-0.1, -0.05) is 0 Å². The highest BCUT2D eigenvalue weighted by molar-refractivity contribution is 7.99. The highest BCUT2D eigenvalue weighted by Crippen LogP contribution is 2.27. The number of thioether (sulfide) groups is 1. The molecule has 7 heteroatoms. The zero-order valence-corrected chi connectivity index (χ0v) is 13.0. The quantitative estimate of drug-likeness (QED) is 0.893. The van der Waals surface area contributed by atoms with Crippen molar-refractivity contribution in [1.82, 2.24) is 19.7 Å². The summed E-state index contributed by atoms with van der Waals surface area (Å²) in [7, 11) is 0. The molecule has 1 aliphatic rings. The molecule has 0 aromatic carbocycles. The predicted octanol–water partition coefficient (Wildman–Crippen LogP) is 1.56. The fraction of sp³-hybridized carbons (Fsp3) is 0.500. The van der Waals surface area contributed by atoms with Crippen molar-refractivity contribution >= 4 is 17.6 Å². The van der Waals surface area contributed by atoms with Crippen LogP contribution in [0.2, 0.25) is 0 Å². The van der Waals surface area contributed by atoms with E-state index in [1.807, 2.05) is 19.9 Å². The smallest absolute Gasteiger partial charge is 0.174 e. The first-order valence-electron chi connectivity index (χ1n) is 6.95. The largest absolute Gasteiger partial charge is 0.387 e. The lowest BCUT2D eigenvalue weighted by Gasteiger charge is -2.21. The minimum absolute atomic E-state index is 0.495. The summed E-state index contributed by atoms with van der Waals surface area (Å²) in [6, 6.07) is 2.00. The molecule has 0 bridgehead atoms. The normalized spacial score (nSPS) is 21.7. The van der Waals surface area contributed by atoms with Crippen LogP contribution in [0.5, 0.6) is 0 Å². The lowest BCUT2D eigenvalue weighted by Crippen LogP contribution is -2.36. The molecular formula is C14H19N5OS. The third-order valence-electron chi connectivity index (χ3n) is 3.53. The molecule has 3 rings (SSSR count). The molecule has 21 heavy (non-hydrogen) atoms. The Morgan fingerprint density at radius 3 is 2.95 bits per heavy atom. The van der Waals surface area contributed by atoms with Gasteiger partial charge in [-0.15, -0.1) is 0 Å². The van der Waals surface area contributed by atoms with Gasteiger partial charge < -0.3 is 10.4 Å². The average Bonchev–Trinajstić information content (AvgIpc) is 3.04. The maximum atomic E-state index is 10.3. The topological polar surface area (TPSA) is 75.9 Å². The molecule has 0 amide bonds. The van der Waals surface area contributed by atoms with Crippen molar-refractivity contribution in [1.29, 1.82) is 0 Å². The first kappa shape index (κ1) is 14.3. The molecule has 1 saturated heterocycles. The number of aryl methyl sites for hydroxylation is 2. The zero-order chi connectivity index (χ0) is 14.9. The van der Waals surface area contributed by atoms with Crippen molar-refractivity contribution in [3.8, 4) is 5.82 Å². The van der Waals surface area contributed by atoms with Crippen molar-refractivity contribution in [3.63, 3.8) is 0 Å². The van der Waals surface area contributed by atoms with E-state index < -0.39 is 5.60 Å². The molecular weight excluding hydrogens is 286 g/mol. The summed E-state index contributed by atoms with van der Waals surface area (Å²) in [5.74, 6) is 3.11. The maximum Gasteiger partial charge on any atom is 0.174 e. The Hall–Kier alpha value is -1.60. The van der Waals surface area contributed by atoms with Crippen molar-refractivity contribution < 1.29 is 5.11 Å². The van der Waals surface area contributed by atoms with E-state index in [1.54, 1.807) is 28.8 Å². The van der Waals surface area contributed by atoms with Crippen LogP contribution in [0.4, 0.5) is 5.82 Å². The molecule has 2 aromatic heterocycles. The number of aromatic nitrogens is 4. The molecule has 2 aromatic rings. The Morgan fingerprint density at radius 2 is 2.29 bits per heavy atom. The Morgan fingerprint density at radius 1 is 1.43 bits per heavy atom. The minimum Gasteiger partial charge on any atom is -0.387 e. The van der Waals surface area contributed by atoms with Crippen molar-refractivity contribution in [2.75, 3.05) is 23.4 Å². The second kappa shape index (κ2) is 5.65. The van der Waals surface area contributed by atoms with Gasteiger partial charge in [0, 0.05) is 18.0 Å². The van der Waals surface area contributed by atoms with Gasteiger partial charge in [0.1, 0.15) is 5.82 Å². The van der Waals surface area contributed by atoms with Gasteiger partial charge in [0.05, 0.1) is 23.7 Å². The van der Waals surface area contributed by atoms with Crippen molar-refractivity contribution in [2.24, 2.45) is 0 Å². The highest BCUT2D eigenvalue weighted by Gasteiger charge is 2.31.